The Kier molecular flexibility index (Phi) is 8.10. The third-order valence-electron chi connectivity index (χ3n) is 7.21. The van der Waals surface area contributed by atoms with E-state index < -0.39 is 10.5 Å². The molecule has 2 amide bonds. The summed E-state index contributed by atoms with van der Waals surface area (Å²) < 4.78 is 7.53. The van der Waals surface area contributed by atoms with Crippen LogP contribution in [0.25, 0.3) is 16.9 Å². The van der Waals surface area contributed by atoms with E-state index in [4.69, 9.17) is 4.74 Å². The first kappa shape index (κ1) is 28.6. The van der Waals surface area contributed by atoms with Gasteiger partial charge in [0, 0.05) is 43.7 Å². The SMILES string of the molecule is CC(C)(C)OC(=O)N1CCN(C(=O)c2ccn(-c3ccc([N+](=O)[O-])cc3)c2-c2ccccc2)C(Cc2ccccc2)C1. The molecule has 1 aromatic heterocycles. The molecular formula is C33H34N4O5. The van der Waals surface area contributed by atoms with E-state index in [9.17, 15) is 19.7 Å². The van der Waals surface area contributed by atoms with Gasteiger partial charge in [-0.15, -0.1) is 0 Å². The number of hydrogen-bond acceptors (Lipinski definition) is 5. The van der Waals surface area contributed by atoms with Crippen LogP contribution < -0.4 is 0 Å². The molecule has 1 unspecified atom stereocenters. The minimum absolute atomic E-state index is 0.00456. The van der Waals surface area contributed by atoms with Crippen molar-refractivity contribution in [3.8, 4) is 16.9 Å². The number of ether oxygens (including phenoxy) is 1. The quantitative estimate of drug-likeness (QED) is 0.200. The Labute approximate surface area is 245 Å². The van der Waals surface area contributed by atoms with Crippen LogP contribution in [0.2, 0.25) is 0 Å². The zero-order chi connectivity index (χ0) is 29.9. The number of nitro benzene ring substituents is 1. The van der Waals surface area contributed by atoms with Gasteiger partial charge in [0.05, 0.1) is 22.2 Å². The van der Waals surface area contributed by atoms with Gasteiger partial charge in [-0.25, -0.2) is 4.79 Å². The maximum absolute atomic E-state index is 14.4. The molecule has 4 aromatic rings. The van der Waals surface area contributed by atoms with Gasteiger partial charge in [0.25, 0.3) is 11.6 Å². The monoisotopic (exact) mass is 566 g/mol. The fraction of sp³-hybridized carbons (Fsp3) is 0.273. The van der Waals surface area contributed by atoms with Crippen molar-refractivity contribution in [2.24, 2.45) is 0 Å². The lowest BCUT2D eigenvalue weighted by atomic mass is 10.00. The second kappa shape index (κ2) is 11.9. The Balaban J connectivity index is 1.51. The molecule has 3 aromatic carbocycles. The van der Waals surface area contributed by atoms with Gasteiger partial charge in [-0.2, -0.15) is 0 Å². The minimum atomic E-state index is -0.621. The van der Waals surface area contributed by atoms with E-state index in [0.717, 1.165) is 11.1 Å². The molecule has 0 N–H and O–H groups in total. The summed E-state index contributed by atoms with van der Waals surface area (Å²) in [5.41, 5.74) is 3.20. The molecule has 0 bridgehead atoms. The van der Waals surface area contributed by atoms with Crippen molar-refractivity contribution < 1.29 is 19.2 Å². The van der Waals surface area contributed by atoms with Crippen LogP contribution in [0.3, 0.4) is 0 Å². The zero-order valence-electron chi connectivity index (χ0n) is 24.0. The number of rotatable bonds is 6. The minimum Gasteiger partial charge on any atom is -0.444 e. The van der Waals surface area contributed by atoms with Crippen LogP contribution in [-0.4, -0.2) is 62.6 Å². The van der Waals surface area contributed by atoms with E-state index in [2.05, 4.69) is 0 Å². The van der Waals surface area contributed by atoms with Crippen molar-refractivity contribution >= 4 is 17.7 Å². The van der Waals surface area contributed by atoms with Crippen molar-refractivity contribution in [2.75, 3.05) is 19.6 Å². The molecule has 0 radical (unpaired) electrons. The molecule has 1 aliphatic heterocycles. The van der Waals surface area contributed by atoms with Gasteiger partial charge in [-0.1, -0.05) is 60.7 Å². The maximum Gasteiger partial charge on any atom is 0.410 e. The Morgan fingerprint density at radius 2 is 1.55 bits per heavy atom. The van der Waals surface area contributed by atoms with Gasteiger partial charge in [-0.3, -0.25) is 14.9 Å². The van der Waals surface area contributed by atoms with E-state index in [-0.39, 0.29) is 23.7 Å². The van der Waals surface area contributed by atoms with E-state index in [1.54, 1.807) is 23.1 Å². The highest BCUT2D eigenvalue weighted by Gasteiger charge is 2.36. The average molecular weight is 567 g/mol. The fourth-order valence-corrected chi connectivity index (χ4v) is 5.28. The van der Waals surface area contributed by atoms with Crippen molar-refractivity contribution in [3.05, 3.63) is 118 Å². The molecule has 216 valence electrons. The highest BCUT2D eigenvalue weighted by atomic mass is 16.6. The van der Waals surface area contributed by atoms with E-state index in [0.29, 0.717) is 43.0 Å². The highest BCUT2D eigenvalue weighted by molar-refractivity contribution is 6.01. The first-order chi connectivity index (χ1) is 20.1. The molecule has 9 nitrogen and oxygen atoms in total. The summed E-state index contributed by atoms with van der Waals surface area (Å²) in [6, 6.07) is 27.3. The number of aromatic nitrogens is 1. The molecule has 0 saturated carbocycles. The normalized spacial score (nSPS) is 15.4. The van der Waals surface area contributed by atoms with Crippen LogP contribution in [0.15, 0.2) is 97.2 Å². The van der Waals surface area contributed by atoms with Crippen molar-refractivity contribution in [1.29, 1.82) is 0 Å². The number of non-ortho nitro benzene ring substituents is 1. The third-order valence-corrected chi connectivity index (χ3v) is 7.21. The van der Waals surface area contributed by atoms with Gasteiger partial charge in [0.2, 0.25) is 0 Å². The summed E-state index contributed by atoms with van der Waals surface area (Å²) in [6.45, 7) is 6.58. The fourth-order valence-electron chi connectivity index (χ4n) is 5.28. The van der Waals surface area contributed by atoms with Gasteiger partial charge >= 0.3 is 6.09 Å². The molecule has 1 saturated heterocycles. The van der Waals surface area contributed by atoms with Gasteiger partial charge in [0.1, 0.15) is 5.60 Å². The van der Waals surface area contributed by atoms with E-state index in [1.807, 2.05) is 97.1 Å². The summed E-state index contributed by atoms with van der Waals surface area (Å²) in [6.07, 6.45) is 2.01. The molecule has 5 rings (SSSR count). The second-order valence-electron chi connectivity index (χ2n) is 11.4. The van der Waals surface area contributed by atoms with Crippen LogP contribution in [0.5, 0.6) is 0 Å². The number of nitrogens with zero attached hydrogens (tertiary/aromatic N) is 4. The highest BCUT2D eigenvalue weighted by Crippen LogP contribution is 2.31. The molecule has 9 heteroatoms. The van der Waals surface area contributed by atoms with E-state index in [1.165, 1.54) is 12.1 Å². The third kappa shape index (κ3) is 6.35. The largest absolute Gasteiger partial charge is 0.444 e. The number of nitro groups is 1. The maximum atomic E-state index is 14.4. The Bertz CT molecular complexity index is 1560. The first-order valence-corrected chi connectivity index (χ1v) is 13.9. The van der Waals surface area contributed by atoms with Crippen LogP contribution in [0.1, 0.15) is 36.7 Å². The molecule has 1 atom stereocenters. The predicted octanol–water partition coefficient (Wildman–Crippen LogP) is 6.36. The van der Waals surface area contributed by atoms with Crippen molar-refractivity contribution in [2.45, 2.75) is 38.8 Å². The number of carbonyl (C=O) groups is 2. The number of carbonyl (C=O) groups excluding carboxylic acids is 2. The molecule has 1 aliphatic rings. The molecule has 0 aliphatic carbocycles. The van der Waals surface area contributed by atoms with E-state index >= 15 is 0 Å². The molecule has 0 spiro atoms. The first-order valence-electron chi connectivity index (χ1n) is 13.9. The van der Waals surface area contributed by atoms with Crippen LogP contribution >= 0.6 is 0 Å². The summed E-state index contributed by atoms with van der Waals surface area (Å²) in [5.74, 6) is -0.140. The Hall–Kier alpha value is -4.92. The number of amides is 2. The summed E-state index contributed by atoms with van der Waals surface area (Å²) in [4.78, 5) is 41.7. The lowest BCUT2D eigenvalue weighted by Crippen LogP contribution is -2.57. The lowest BCUT2D eigenvalue weighted by Gasteiger charge is -2.42. The summed E-state index contributed by atoms with van der Waals surface area (Å²) in [5, 5.41) is 11.2. The molecule has 42 heavy (non-hydrogen) atoms. The number of piperazine rings is 1. The topological polar surface area (TPSA) is 97.9 Å². The predicted molar refractivity (Wildman–Crippen MR) is 161 cm³/mol. The van der Waals surface area contributed by atoms with Gasteiger partial charge in [-0.05, 0) is 56.5 Å². The average Bonchev–Trinajstić information content (AvgIpc) is 3.42. The molecule has 1 fully saturated rings. The standard InChI is InChI=1S/C33H34N4O5/c1-33(2,3)42-32(39)34-20-21-36(28(23-34)22-24-10-6-4-7-11-24)31(38)29-18-19-35(30(29)25-12-8-5-9-13-25)26-14-16-27(17-15-26)37(40)41/h4-19,28H,20-23H2,1-3H3. The summed E-state index contributed by atoms with van der Waals surface area (Å²) in [7, 11) is 0. The molecule has 2 heterocycles. The Morgan fingerprint density at radius 3 is 2.17 bits per heavy atom. The smallest absolute Gasteiger partial charge is 0.410 e. The Morgan fingerprint density at radius 1 is 0.905 bits per heavy atom. The van der Waals surface area contributed by atoms with Crippen molar-refractivity contribution in [3.63, 3.8) is 0 Å². The lowest BCUT2D eigenvalue weighted by molar-refractivity contribution is -0.384. The number of hydrogen-bond donors (Lipinski definition) is 0. The molecular weight excluding hydrogens is 532 g/mol. The van der Waals surface area contributed by atoms with Gasteiger partial charge < -0.3 is 19.1 Å². The van der Waals surface area contributed by atoms with Crippen LogP contribution in [0, 0.1) is 10.1 Å². The number of benzene rings is 3. The van der Waals surface area contributed by atoms with Crippen LogP contribution in [0.4, 0.5) is 10.5 Å². The van der Waals surface area contributed by atoms with Crippen molar-refractivity contribution in [1.82, 2.24) is 14.4 Å². The zero-order valence-corrected chi connectivity index (χ0v) is 24.0. The summed E-state index contributed by atoms with van der Waals surface area (Å²) >= 11 is 0. The van der Waals surface area contributed by atoms with Crippen LogP contribution in [-0.2, 0) is 11.2 Å². The second-order valence-corrected chi connectivity index (χ2v) is 11.4. The van der Waals surface area contributed by atoms with Gasteiger partial charge in [0.15, 0.2) is 0 Å².